The van der Waals surface area contributed by atoms with Crippen LogP contribution >= 0.6 is 0 Å². The van der Waals surface area contributed by atoms with Crippen molar-refractivity contribution in [2.45, 2.75) is 31.7 Å². The van der Waals surface area contributed by atoms with Gasteiger partial charge in [-0.25, -0.2) is 0 Å². The molecule has 0 atom stereocenters. The zero-order chi connectivity index (χ0) is 11.7. The van der Waals surface area contributed by atoms with Crippen molar-refractivity contribution < 1.29 is 9.53 Å². The molecule has 0 saturated carbocycles. The Balaban J connectivity index is 1.75. The van der Waals surface area contributed by atoms with Gasteiger partial charge in [-0.2, -0.15) is 0 Å². The summed E-state index contributed by atoms with van der Waals surface area (Å²) in [4.78, 5) is 12.0. The van der Waals surface area contributed by atoms with Gasteiger partial charge in [-0.3, -0.25) is 4.79 Å². The smallest absolute Gasteiger partial charge is 0.251 e. The lowest BCUT2D eigenvalue weighted by atomic mass is 9.90. The Kier molecular flexibility index (Phi) is 2.85. The lowest BCUT2D eigenvalue weighted by molar-refractivity contribution is -0.00346. The topological polar surface area (TPSA) is 38.3 Å². The largest absolute Gasteiger partial charge is 0.377 e. The zero-order valence-electron chi connectivity index (χ0n) is 9.87. The lowest BCUT2D eigenvalue weighted by Gasteiger charge is -2.27. The van der Waals surface area contributed by atoms with Crippen LogP contribution in [0.5, 0.6) is 0 Å². The van der Waals surface area contributed by atoms with E-state index in [2.05, 4.69) is 17.4 Å². The molecule has 0 spiro atoms. The second-order valence-corrected chi connectivity index (χ2v) is 4.90. The molecule has 3 rings (SSSR count). The lowest BCUT2D eigenvalue weighted by Crippen LogP contribution is -2.48. The summed E-state index contributed by atoms with van der Waals surface area (Å²) >= 11 is 0. The van der Waals surface area contributed by atoms with Crippen LogP contribution in [-0.2, 0) is 17.6 Å². The maximum atomic E-state index is 12.0. The fourth-order valence-corrected chi connectivity index (χ4v) is 2.46. The second-order valence-electron chi connectivity index (χ2n) is 4.90. The number of hydrogen-bond acceptors (Lipinski definition) is 2. The van der Waals surface area contributed by atoms with Crippen LogP contribution in [0.15, 0.2) is 18.2 Å². The molecule has 3 heteroatoms. The van der Waals surface area contributed by atoms with E-state index in [-0.39, 0.29) is 11.9 Å². The zero-order valence-corrected chi connectivity index (χ0v) is 9.87. The number of carbonyl (C=O) groups excluding carboxylic acids is 1. The predicted octanol–water partition coefficient (Wildman–Crippen LogP) is 1.69. The quantitative estimate of drug-likeness (QED) is 0.841. The highest BCUT2D eigenvalue weighted by Gasteiger charge is 2.21. The highest BCUT2D eigenvalue weighted by atomic mass is 16.5. The molecule has 90 valence electrons. The van der Waals surface area contributed by atoms with Crippen LogP contribution in [0.25, 0.3) is 0 Å². The van der Waals surface area contributed by atoms with Crippen LogP contribution < -0.4 is 5.32 Å². The second kappa shape index (κ2) is 4.49. The Morgan fingerprint density at radius 3 is 2.65 bits per heavy atom. The first-order valence-electron chi connectivity index (χ1n) is 6.33. The third-order valence-corrected chi connectivity index (χ3v) is 3.58. The Labute approximate surface area is 101 Å². The normalized spacial score (nSPS) is 19.3. The molecule has 1 aromatic carbocycles. The summed E-state index contributed by atoms with van der Waals surface area (Å²) in [5.74, 6) is 0.0340. The molecule has 2 aliphatic rings. The van der Waals surface area contributed by atoms with Crippen LogP contribution in [0, 0.1) is 0 Å². The SMILES string of the molecule is O=C(NC1COC1)c1ccc2c(c1)CCCC2. The molecular weight excluding hydrogens is 214 g/mol. The van der Waals surface area contributed by atoms with Crippen LogP contribution in [0.2, 0.25) is 0 Å². The predicted molar refractivity (Wildman–Crippen MR) is 65.2 cm³/mol. The Hall–Kier alpha value is -1.35. The number of hydrogen-bond donors (Lipinski definition) is 1. The van der Waals surface area contributed by atoms with Crippen molar-refractivity contribution in [1.82, 2.24) is 5.32 Å². The van der Waals surface area contributed by atoms with Crippen LogP contribution in [0.1, 0.15) is 34.3 Å². The molecule has 1 N–H and O–H groups in total. The van der Waals surface area contributed by atoms with Gasteiger partial charge in [-0.05, 0) is 48.9 Å². The Morgan fingerprint density at radius 1 is 1.18 bits per heavy atom. The molecule has 3 nitrogen and oxygen atoms in total. The highest BCUT2D eigenvalue weighted by Crippen LogP contribution is 2.22. The Bertz CT molecular complexity index is 438. The van der Waals surface area contributed by atoms with E-state index >= 15 is 0 Å². The fourth-order valence-electron chi connectivity index (χ4n) is 2.46. The average molecular weight is 231 g/mol. The molecule has 0 unspecified atom stereocenters. The van der Waals surface area contributed by atoms with Crippen molar-refractivity contribution in [1.29, 1.82) is 0 Å². The Morgan fingerprint density at radius 2 is 1.94 bits per heavy atom. The van der Waals surface area contributed by atoms with Gasteiger partial charge in [0.2, 0.25) is 0 Å². The number of benzene rings is 1. The number of ether oxygens (including phenoxy) is 1. The minimum Gasteiger partial charge on any atom is -0.377 e. The van der Waals surface area contributed by atoms with Crippen molar-refractivity contribution in [2.24, 2.45) is 0 Å². The highest BCUT2D eigenvalue weighted by molar-refractivity contribution is 5.94. The maximum Gasteiger partial charge on any atom is 0.251 e. The molecule has 1 heterocycles. The number of aryl methyl sites for hydroxylation is 2. The van der Waals surface area contributed by atoms with Gasteiger partial charge in [0.05, 0.1) is 19.3 Å². The summed E-state index contributed by atoms with van der Waals surface area (Å²) in [5.41, 5.74) is 3.56. The number of amides is 1. The first-order chi connectivity index (χ1) is 8.33. The maximum absolute atomic E-state index is 12.0. The first-order valence-corrected chi connectivity index (χ1v) is 6.33. The number of nitrogens with one attached hydrogen (secondary N) is 1. The van der Waals surface area contributed by atoms with Crippen molar-refractivity contribution in [2.75, 3.05) is 13.2 Å². The average Bonchev–Trinajstić information content (AvgIpc) is 2.33. The van der Waals surface area contributed by atoms with Crippen molar-refractivity contribution in [3.63, 3.8) is 0 Å². The van der Waals surface area contributed by atoms with Gasteiger partial charge in [-0.15, -0.1) is 0 Å². The monoisotopic (exact) mass is 231 g/mol. The summed E-state index contributed by atoms with van der Waals surface area (Å²) < 4.78 is 5.05. The van der Waals surface area contributed by atoms with E-state index in [1.165, 1.54) is 24.0 Å². The minimum atomic E-state index is 0.0340. The van der Waals surface area contributed by atoms with Gasteiger partial charge >= 0.3 is 0 Å². The summed E-state index contributed by atoms with van der Waals surface area (Å²) in [6, 6.07) is 6.32. The summed E-state index contributed by atoms with van der Waals surface area (Å²) in [6.45, 7) is 1.30. The third-order valence-electron chi connectivity index (χ3n) is 3.58. The molecule has 0 radical (unpaired) electrons. The molecule has 17 heavy (non-hydrogen) atoms. The fraction of sp³-hybridized carbons (Fsp3) is 0.500. The summed E-state index contributed by atoms with van der Waals surface area (Å²) in [6.07, 6.45) is 4.79. The van der Waals surface area contributed by atoms with Gasteiger partial charge in [0.1, 0.15) is 0 Å². The molecule has 1 aliphatic carbocycles. The van der Waals surface area contributed by atoms with Crippen LogP contribution in [0.4, 0.5) is 0 Å². The first kappa shape index (κ1) is 10.8. The summed E-state index contributed by atoms with van der Waals surface area (Å²) in [5, 5.41) is 2.98. The van der Waals surface area contributed by atoms with E-state index in [0.29, 0.717) is 13.2 Å². The molecule has 1 aromatic rings. The molecular formula is C14H17NO2. The molecule has 1 fully saturated rings. The number of carbonyl (C=O) groups is 1. The van der Waals surface area contributed by atoms with E-state index in [9.17, 15) is 4.79 Å². The van der Waals surface area contributed by atoms with Gasteiger partial charge < -0.3 is 10.1 Å². The number of rotatable bonds is 2. The number of fused-ring (bicyclic) bond motifs is 1. The molecule has 1 saturated heterocycles. The molecule has 1 amide bonds. The standard InChI is InChI=1S/C14H17NO2/c16-14(15-13-8-17-9-13)12-6-5-10-3-1-2-4-11(10)7-12/h5-7,13H,1-4,8-9H2,(H,15,16). The van der Waals surface area contributed by atoms with Crippen LogP contribution in [-0.4, -0.2) is 25.2 Å². The minimum absolute atomic E-state index is 0.0340. The van der Waals surface area contributed by atoms with Crippen LogP contribution in [0.3, 0.4) is 0 Å². The van der Waals surface area contributed by atoms with E-state index in [0.717, 1.165) is 18.4 Å². The van der Waals surface area contributed by atoms with Crippen molar-refractivity contribution in [3.05, 3.63) is 34.9 Å². The van der Waals surface area contributed by atoms with E-state index in [4.69, 9.17) is 4.74 Å². The van der Waals surface area contributed by atoms with E-state index < -0.39 is 0 Å². The molecule has 1 aliphatic heterocycles. The third kappa shape index (κ3) is 2.20. The van der Waals surface area contributed by atoms with Crippen molar-refractivity contribution in [3.8, 4) is 0 Å². The van der Waals surface area contributed by atoms with Gasteiger partial charge in [0.25, 0.3) is 5.91 Å². The van der Waals surface area contributed by atoms with E-state index in [1.807, 2.05) is 6.07 Å². The van der Waals surface area contributed by atoms with E-state index in [1.54, 1.807) is 0 Å². The van der Waals surface area contributed by atoms with Gasteiger partial charge in [0.15, 0.2) is 0 Å². The molecule has 0 bridgehead atoms. The molecule has 0 aromatic heterocycles. The summed E-state index contributed by atoms with van der Waals surface area (Å²) in [7, 11) is 0. The van der Waals surface area contributed by atoms with Crippen molar-refractivity contribution >= 4 is 5.91 Å². The van der Waals surface area contributed by atoms with Gasteiger partial charge in [-0.1, -0.05) is 6.07 Å². The van der Waals surface area contributed by atoms with Gasteiger partial charge in [0, 0.05) is 5.56 Å².